The monoisotopic (exact) mass is 335 g/mol. The van der Waals surface area contributed by atoms with Gasteiger partial charge in [0.2, 0.25) is 5.91 Å². The molecule has 1 aromatic rings. The fraction of sp³-hybridized carbons (Fsp3) is 0.467. The molecule has 0 saturated carbocycles. The van der Waals surface area contributed by atoms with Gasteiger partial charge in [0.15, 0.2) is 0 Å². The zero-order chi connectivity index (χ0) is 14.6. The molecule has 0 bridgehead atoms. The number of carbonyl (C=O) groups excluding carboxylic acids is 1. The molecule has 0 radical (unpaired) electrons. The summed E-state index contributed by atoms with van der Waals surface area (Å²) >= 11 is 3.40. The molecule has 2 rings (SSSR count). The number of nitrogens with one attached hydrogen (secondary N) is 2. The number of piperidine rings is 1. The second kappa shape index (κ2) is 6.38. The first kappa shape index (κ1) is 15.0. The molecule has 1 amide bonds. The van der Waals surface area contributed by atoms with Crippen molar-refractivity contribution in [1.82, 2.24) is 5.32 Å². The lowest BCUT2D eigenvalue weighted by molar-refractivity contribution is -0.126. The van der Waals surface area contributed by atoms with Gasteiger partial charge in [0, 0.05) is 11.0 Å². The summed E-state index contributed by atoms with van der Waals surface area (Å²) in [6.07, 6.45) is 2.76. The van der Waals surface area contributed by atoms with Gasteiger partial charge in [0.25, 0.3) is 0 Å². The SMILES string of the molecule is CCC1(C(=O)Nc2ccc(C#N)cc2Br)CCCNC1. The first-order chi connectivity index (χ1) is 9.61. The standard InChI is InChI=1S/C15H18BrN3O/c1-2-15(6-3-7-18-10-15)14(20)19-13-5-4-11(9-17)8-12(13)16/h4-5,8,18H,2-3,6-7,10H2,1H3,(H,19,20). The van der Waals surface area contributed by atoms with Crippen molar-refractivity contribution in [2.24, 2.45) is 5.41 Å². The summed E-state index contributed by atoms with van der Waals surface area (Å²) in [7, 11) is 0. The van der Waals surface area contributed by atoms with Gasteiger partial charge in [-0.2, -0.15) is 5.26 Å². The van der Waals surface area contributed by atoms with Gasteiger partial charge in [0.1, 0.15) is 0 Å². The molecule has 0 spiro atoms. The predicted molar refractivity (Wildman–Crippen MR) is 82.3 cm³/mol. The van der Waals surface area contributed by atoms with Gasteiger partial charge in [-0.25, -0.2) is 0 Å². The maximum atomic E-state index is 12.6. The van der Waals surface area contributed by atoms with Gasteiger partial charge in [-0.1, -0.05) is 6.92 Å². The fourth-order valence-corrected chi connectivity index (χ4v) is 3.04. The first-order valence-electron chi connectivity index (χ1n) is 6.83. The molecule has 0 aromatic heterocycles. The third kappa shape index (κ3) is 3.02. The second-order valence-corrected chi connectivity index (χ2v) is 6.03. The molecular formula is C15H18BrN3O. The van der Waals surface area contributed by atoms with Gasteiger partial charge in [0.05, 0.1) is 22.7 Å². The van der Waals surface area contributed by atoms with E-state index in [1.807, 2.05) is 0 Å². The Hall–Kier alpha value is -1.38. The number of carbonyl (C=O) groups is 1. The van der Waals surface area contributed by atoms with Gasteiger partial charge in [-0.3, -0.25) is 4.79 Å². The van der Waals surface area contributed by atoms with Crippen molar-refractivity contribution in [1.29, 1.82) is 5.26 Å². The Morgan fingerprint density at radius 1 is 1.60 bits per heavy atom. The van der Waals surface area contributed by atoms with Gasteiger partial charge >= 0.3 is 0 Å². The molecule has 1 aliphatic rings. The number of nitriles is 1. The zero-order valence-electron chi connectivity index (χ0n) is 11.5. The number of hydrogen-bond donors (Lipinski definition) is 2. The number of hydrogen-bond acceptors (Lipinski definition) is 3. The quantitative estimate of drug-likeness (QED) is 0.892. The number of nitrogens with zero attached hydrogens (tertiary/aromatic N) is 1. The van der Waals surface area contributed by atoms with Crippen molar-refractivity contribution in [2.75, 3.05) is 18.4 Å². The molecule has 1 heterocycles. The number of rotatable bonds is 3. The third-order valence-electron chi connectivity index (χ3n) is 3.98. The third-order valence-corrected chi connectivity index (χ3v) is 4.63. The van der Waals surface area contributed by atoms with E-state index in [-0.39, 0.29) is 11.3 Å². The fourth-order valence-electron chi connectivity index (χ4n) is 2.56. The molecule has 1 fully saturated rings. The molecule has 1 aromatic carbocycles. The zero-order valence-corrected chi connectivity index (χ0v) is 13.1. The van der Waals surface area contributed by atoms with Gasteiger partial charge in [-0.15, -0.1) is 0 Å². The molecule has 1 aliphatic heterocycles. The molecule has 20 heavy (non-hydrogen) atoms. The number of amides is 1. The van der Waals surface area contributed by atoms with E-state index in [4.69, 9.17) is 5.26 Å². The van der Waals surface area contributed by atoms with Crippen LogP contribution in [0.25, 0.3) is 0 Å². The van der Waals surface area contributed by atoms with E-state index in [0.717, 1.165) is 36.8 Å². The number of halogens is 1. The Kier molecular flexibility index (Phi) is 4.79. The van der Waals surface area contributed by atoms with Gasteiger partial charge in [-0.05, 0) is 59.9 Å². The summed E-state index contributed by atoms with van der Waals surface area (Å²) in [6.45, 7) is 3.76. The Labute approximate surface area is 127 Å². The van der Waals surface area contributed by atoms with E-state index >= 15 is 0 Å². The first-order valence-corrected chi connectivity index (χ1v) is 7.62. The molecule has 2 N–H and O–H groups in total. The van der Waals surface area contributed by atoms with Crippen LogP contribution >= 0.6 is 15.9 Å². The van der Waals surface area contributed by atoms with Crippen LogP contribution in [-0.4, -0.2) is 19.0 Å². The summed E-state index contributed by atoms with van der Waals surface area (Å²) in [5.74, 6) is 0.0533. The molecule has 4 nitrogen and oxygen atoms in total. The van der Waals surface area contributed by atoms with Crippen LogP contribution in [0.15, 0.2) is 22.7 Å². The van der Waals surface area contributed by atoms with Crippen molar-refractivity contribution in [3.8, 4) is 6.07 Å². The summed E-state index contributed by atoms with van der Waals surface area (Å²) in [4.78, 5) is 12.6. The average Bonchev–Trinajstić information content (AvgIpc) is 2.49. The summed E-state index contributed by atoms with van der Waals surface area (Å²) in [6, 6.07) is 7.26. The Morgan fingerprint density at radius 3 is 2.95 bits per heavy atom. The van der Waals surface area contributed by atoms with Crippen molar-refractivity contribution in [3.63, 3.8) is 0 Å². The predicted octanol–water partition coefficient (Wildman–Crippen LogP) is 3.04. The second-order valence-electron chi connectivity index (χ2n) is 5.17. The van der Waals surface area contributed by atoms with Crippen LogP contribution in [0, 0.1) is 16.7 Å². The largest absolute Gasteiger partial charge is 0.325 e. The van der Waals surface area contributed by atoms with Crippen LogP contribution in [0.3, 0.4) is 0 Å². The lowest BCUT2D eigenvalue weighted by Crippen LogP contribution is -2.47. The molecule has 106 valence electrons. The number of anilines is 1. The van der Waals surface area contributed by atoms with E-state index in [2.05, 4.69) is 39.6 Å². The van der Waals surface area contributed by atoms with Crippen LogP contribution in [0.2, 0.25) is 0 Å². The van der Waals surface area contributed by atoms with Crippen LogP contribution in [0.1, 0.15) is 31.7 Å². The summed E-state index contributed by atoms with van der Waals surface area (Å²) in [5, 5.41) is 15.1. The van der Waals surface area contributed by atoms with Crippen molar-refractivity contribution >= 4 is 27.5 Å². The highest BCUT2D eigenvalue weighted by Crippen LogP contribution is 2.33. The van der Waals surface area contributed by atoms with E-state index in [0.29, 0.717) is 11.3 Å². The molecular weight excluding hydrogens is 318 g/mol. The van der Waals surface area contributed by atoms with E-state index in [1.165, 1.54) is 0 Å². The lowest BCUT2D eigenvalue weighted by atomic mass is 9.77. The van der Waals surface area contributed by atoms with Crippen molar-refractivity contribution < 1.29 is 4.79 Å². The highest BCUT2D eigenvalue weighted by molar-refractivity contribution is 9.10. The summed E-state index contributed by atoms with van der Waals surface area (Å²) < 4.78 is 0.736. The average molecular weight is 336 g/mol. The molecule has 0 aliphatic carbocycles. The topological polar surface area (TPSA) is 64.9 Å². The smallest absolute Gasteiger partial charge is 0.231 e. The van der Waals surface area contributed by atoms with Crippen LogP contribution in [0.4, 0.5) is 5.69 Å². The maximum absolute atomic E-state index is 12.6. The van der Waals surface area contributed by atoms with Crippen molar-refractivity contribution in [2.45, 2.75) is 26.2 Å². The number of benzene rings is 1. The highest BCUT2D eigenvalue weighted by atomic mass is 79.9. The van der Waals surface area contributed by atoms with Crippen molar-refractivity contribution in [3.05, 3.63) is 28.2 Å². The van der Waals surface area contributed by atoms with Crippen LogP contribution in [0.5, 0.6) is 0 Å². The Bertz CT molecular complexity index is 545. The molecule has 1 unspecified atom stereocenters. The van der Waals surface area contributed by atoms with E-state index in [1.54, 1.807) is 18.2 Å². The van der Waals surface area contributed by atoms with Crippen LogP contribution in [-0.2, 0) is 4.79 Å². The lowest BCUT2D eigenvalue weighted by Gasteiger charge is -2.35. The minimum atomic E-state index is -0.328. The van der Waals surface area contributed by atoms with Gasteiger partial charge < -0.3 is 10.6 Å². The molecule has 5 heteroatoms. The Balaban J connectivity index is 2.16. The molecule has 1 saturated heterocycles. The van der Waals surface area contributed by atoms with Crippen LogP contribution < -0.4 is 10.6 Å². The Morgan fingerprint density at radius 2 is 2.40 bits per heavy atom. The summed E-state index contributed by atoms with van der Waals surface area (Å²) in [5.41, 5.74) is 0.956. The minimum Gasteiger partial charge on any atom is -0.325 e. The van der Waals surface area contributed by atoms with E-state index < -0.39 is 0 Å². The van der Waals surface area contributed by atoms with E-state index in [9.17, 15) is 4.79 Å². The molecule has 1 atom stereocenters. The highest BCUT2D eigenvalue weighted by Gasteiger charge is 2.37. The minimum absolute atomic E-state index is 0.0533. The normalized spacial score (nSPS) is 22.1. The maximum Gasteiger partial charge on any atom is 0.231 e.